The second-order valence-corrected chi connectivity index (χ2v) is 8.67. The van der Waals surface area contributed by atoms with Gasteiger partial charge in [0.1, 0.15) is 17.4 Å². The molecule has 1 aromatic carbocycles. The average molecular weight is 489 g/mol. The number of halogens is 4. The van der Waals surface area contributed by atoms with Gasteiger partial charge in [-0.25, -0.2) is 22.5 Å². The maximum atomic E-state index is 14.6. The van der Waals surface area contributed by atoms with Gasteiger partial charge in [0.15, 0.2) is 24.0 Å². The zero-order valence-corrected chi connectivity index (χ0v) is 18.8. The molecule has 1 aliphatic carbocycles. The van der Waals surface area contributed by atoms with Crippen LogP contribution in [0.2, 0.25) is 0 Å². The van der Waals surface area contributed by atoms with Crippen molar-refractivity contribution < 1.29 is 31.8 Å². The number of rotatable bonds is 6. The predicted octanol–water partition coefficient (Wildman–Crippen LogP) is 5.58. The van der Waals surface area contributed by atoms with Crippen molar-refractivity contribution in [2.45, 2.75) is 38.0 Å². The van der Waals surface area contributed by atoms with Crippen molar-refractivity contribution in [3.63, 3.8) is 0 Å². The number of ether oxygens (including phenoxy) is 1. The molecule has 0 spiro atoms. The van der Waals surface area contributed by atoms with E-state index in [9.17, 15) is 27.6 Å². The number of benzene rings is 1. The monoisotopic (exact) mass is 489 g/mol. The van der Waals surface area contributed by atoms with Gasteiger partial charge in [0, 0.05) is 36.5 Å². The lowest BCUT2D eigenvalue weighted by atomic mass is 9.71. The normalized spacial score (nSPS) is 20.1. The fourth-order valence-electron chi connectivity index (χ4n) is 4.29. The number of nitrogens with zero attached hydrogens (tertiary/aromatic N) is 2. The summed E-state index contributed by atoms with van der Waals surface area (Å²) in [5.74, 6) is -6.60. The number of amides is 1. The molecule has 184 valence electrons. The van der Waals surface area contributed by atoms with Crippen molar-refractivity contribution in [2.75, 3.05) is 5.32 Å². The second kappa shape index (κ2) is 9.89. The van der Waals surface area contributed by atoms with Crippen LogP contribution >= 0.6 is 0 Å². The summed E-state index contributed by atoms with van der Waals surface area (Å²) < 4.78 is 61.9. The number of nitrogens with one attached hydrogen (secondary N) is 1. The topological polar surface area (TPSA) is 78.2 Å². The molecule has 1 saturated carbocycles. The molecule has 3 aromatic rings. The Hall–Kier alpha value is -3.69. The van der Waals surface area contributed by atoms with Crippen LogP contribution in [-0.4, -0.2) is 16.8 Å². The molecule has 3 atom stereocenters. The summed E-state index contributed by atoms with van der Waals surface area (Å²) in [5, 5.41) is 13.9. The summed E-state index contributed by atoms with van der Waals surface area (Å²) >= 11 is 0. The second-order valence-electron chi connectivity index (χ2n) is 8.67. The largest absolute Gasteiger partial charge is 0.619 e. The Kier molecular flexibility index (Phi) is 6.90. The molecule has 0 bridgehead atoms. The first kappa shape index (κ1) is 24.4. The Morgan fingerprint density at radius 3 is 2.60 bits per heavy atom. The quantitative estimate of drug-likeness (QED) is 0.279. The number of anilines is 1. The molecule has 1 amide bonds. The van der Waals surface area contributed by atoms with Crippen molar-refractivity contribution in [2.24, 2.45) is 11.8 Å². The lowest BCUT2D eigenvalue weighted by Gasteiger charge is -2.38. The number of alkyl halides is 2. The molecule has 10 heteroatoms. The summed E-state index contributed by atoms with van der Waals surface area (Å²) in [4.78, 5) is 16.9. The molecular formula is C25H23F4N3O3. The van der Waals surface area contributed by atoms with E-state index in [1.54, 1.807) is 6.92 Å². The van der Waals surface area contributed by atoms with Crippen molar-refractivity contribution in [1.29, 1.82) is 0 Å². The van der Waals surface area contributed by atoms with Crippen LogP contribution in [-0.2, 0) is 4.79 Å². The van der Waals surface area contributed by atoms with Crippen LogP contribution in [0.25, 0.3) is 0 Å². The Labute approximate surface area is 199 Å². The molecule has 35 heavy (non-hydrogen) atoms. The average Bonchev–Trinajstić information content (AvgIpc) is 2.82. The van der Waals surface area contributed by atoms with Gasteiger partial charge in [0.05, 0.1) is 6.20 Å². The van der Waals surface area contributed by atoms with Gasteiger partial charge in [-0.2, -0.15) is 4.73 Å². The number of carbonyl (C=O) groups excluding carboxylic acids is 1. The predicted molar refractivity (Wildman–Crippen MR) is 119 cm³/mol. The van der Waals surface area contributed by atoms with Crippen LogP contribution < -0.4 is 14.8 Å². The minimum Gasteiger partial charge on any atom is -0.619 e. The molecule has 1 aliphatic rings. The molecule has 0 saturated heterocycles. The Balaban J connectivity index is 1.39. The lowest BCUT2D eigenvalue weighted by molar-refractivity contribution is -0.605. The Bertz CT molecular complexity index is 1190. The van der Waals surface area contributed by atoms with Gasteiger partial charge in [0.25, 0.3) is 5.92 Å². The van der Waals surface area contributed by atoms with E-state index in [1.807, 2.05) is 0 Å². The van der Waals surface area contributed by atoms with Gasteiger partial charge in [-0.05, 0) is 48.6 Å². The first-order valence-electron chi connectivity index (χ1n) is 11.1. The van der Waals surface area contributed by atoms with E-state index >= 15 is 0 Å². The Morgan fingerprint density at radius 1 is 1.20 bits per heavy atom. The molecule has 1 N–H and O–H groups in total. The van der Waals surface area contributed by atoms with E-state index in [1.165, 1.54) is 42.9 Å². The maximum absolute atomic E-state index is 14.6. The highest BCUT2D eigenvalue weighted by atomic mass is 19.3. The molecule has 0 unspecified atom stereocenters. The van der Waals surface area contributed by atoms with Crippen LogP contribution in [0.3, 0.4) is 0 Å². The van der Waals surface area contributed by atoms with Gasteiger partial charge in [0.2, 0.25) is 5.91 Å². The van der Waals surface area contributed by atoms with Crippen molar-refractivity contribution in [3.8, 4) is 11.5 Å². The number of carbonyl (C=O) groups is 1. The molecule has 0 radical (unpaired) electrons. The minimum atomic E-state index is -2.93. The van der Waals surface area contributed by atoms with E-state index in [-0.39, 0.29) is 48.4 Å². The minimum absolute atomic E-state index is 0.105. The van der Waals surface area contributed by atoms with Crippen LogP contribution in [0, 0.1) is 28.7 Å². The number of pyridine rings is 2. The third kappa shape index (κ3) is 5.70. The molecule has 1 fully saturated rings. The van der Waals surface area contributed by atoms with Crippen LogP contribution in [0.5, 0.6) is 11.5 Å². The SMILES string of the molecule is C[C@@H](C(=O)Nc1ccc(Oc2ccc(F)cc2F)cn1)[C@@H]1CCC(F)(F)[C@@H](c2cc[n+]([O-])cc2)C1. The third-order valence-corrected chi connectivity index (χ3v) is 6.36. The number of hydrogen-bond acceptors (Lipinski definition) is 4. The summed E-state index contributed by atoms with van der Waals surface area (Å²) in [5.41, 5.74) is 0.370. The summed E-state index contributed by atoms with van der Waals surface area (Å²) in [7, 11) is 0. The molecule has 2 aromatic heterocycles. The fourth-order valence-corrected chi connectivity index (χ4v) is 4.29. The van der Waals surface area contributed by atoms with E-state index < -0.39 is 29.4 Å². The Morgan fingerprint density at radius 2 is 1.94 bits per heavy atom. The summed E-state index contributed by atoms with van der Waals surface area (Å²) in [6.45, 7) is 1.69. The molecule has 6 nitrogen and oxygen atoms in total. The van der Waals surface area contributed by atoms with E-state index in [0.717, 1.165) is 12.1 Å². The van der Waals surface area contributed by atoms with Gasteiger partial charge >= 0.3 is 0 Å². The molecule has 0 aliphatic heterocycles. The smallest absolute Gasteiger partial charge is 0.254 e. The van der Waals surface area contributed by atoms with E-state index in [0.29, 0.717) is 16.4 Å². The maximum Gasteiger partial charge on any atom is 0.254 e. The highest BCUT2D eigenvalue weighted by Gasteiger charge is 2.47. The number of aromatic nitrogens is 2. The van der Waals surface area contributed by atoms with Crippen LogP contribution in [0.1, 0.15) is 37.7 Å². The highest BCUT2D eigenvalue weighted by Crippen LogP contribution is 2.48. The highest BCUT2D eigenvalue weighted by molar-refractivity contribution is 5.91. The zero-order valence-electron chi connectivity index (χ0n) is 18.8. The van der Waals surface area contributed by atoms with E-state index in [2.05, 4.69) is 10.3 Å². The van der Waals surface area contributed by atoms with Gasteiger partial charge < -0.3 is 15.3 Å². The zero-order chi connectivity index (χ0) is 25.2. The van der Waals surface area contributed by atoms with Crippen molar-refractivity contribution >= 4 is 11.7 Å². The van der Waals surface area contributed by atoms with Gasteiger partial charge in [-0.1, -0.05) is 6.92 Å². The molecule has 4 rings (SSSR count). The van der Waals surface area contributed by atoms with Crippen molar-refractivity contribution in [3.05, 3.63) is 83.5 Å². The first-order valence-corrected chi connectivity index (χ1v) is 11.1. The summed E-state index contributed by atoms with van der Waals surface area (Å²) in [6, 6.07) is 8.62. The lowest BCUT2D eigenvalue weighted by Crippen LogP contribution is -2.38. The summed E-state index contributed by atoms with van der Waals surface area (Å²) in [6.07, 6.45) is 3.60. The third-order valence-electron chi connectivity index (χ3n) is 6.36. The first-order chi connectivity index (χ1) is 16.6. The molecular weight excluding hydrogens is 466 g/mol. The van der Waals surface area contributed by atoms with Crippen LogP contribution in [0.4, 0.5) is 23.4 Å². The molecule has 2 heterocycles. The number of hydrogen-bond donors (Lipinski definition) is 1. The standard InChI is InChI=1S/C25H23F4N3O3/c1-15(17-6-9-25(28,29)20(12-17)16-7-10-32(34)11-8-16)24(33)31-23-5-3-19(14-30-23)35-22-4-2-18(26)13-21(22)27/h2-5,7-8,10-11,13-15,17,20H,6,9,12H2,1H3,(H,30,31,33)/t15-,17-,20-/m1/s1. The van der Waals surface area contributed by atoms with E-state index in [4.69, 9.17) is 4.74 Å². The van der Waals surface area contributed by atoms with Crippen LogP contribution in [0.15, 0.2) is 61.1 Å². The van der Waals surface area contributed by atoms with Gasteiger partial charge in [-0.3, -0.25) is 4.79 Å². The van der Waals surface area contributed by atoms with Gasteiger partial charge in [-0.15, -0.1) is 0 Å². The fraction of sp³-hybridized carbons (Fsp3) is 0.320. The van der Waals surface area contributed by atoms with Crippen molar-refractivity contribution in [1.82, 2.24) is 4.98 Å².